The van der Waals surface area contributed by atoms with Crippen LogP contribution in [-0.2, 0) is 17.8 Å². The van der Waals surface area contributed by atoms with Crippen LogP contribution in [0.3, 0.4) is 0 Å². The van der Waals surface area contributed by atoms with Gasteiger partial charge in [-0.3, -0.25) is 4.98 Å². The van der Waals surface area contributed by atoms with Crippen molar-refractivity contribution in [3.63, 3.8) is 0 Å². The van der Waals surface area contributed by atoms with Crippen molar-refractivity contribution in [1.82, 2.24) is 19.5 Å². The Balaban J connectivity index is 1.31. The summed E-state index contributed by atoms with van der Waals surface area (Å²) in [6, 6.07) is 12.3. The molecular formula is C32H26ClF3N4O4. The average molecular weight is 623 g/mol. The van der Waals surface area contributed by atoms with Crippen molar-refractivity contribution in [3.05, 3.63) is 106 Å². The summed E-state index contributed by atoms with van der Waals surface area (Å²) < 4.78 is 58.4. The number of ether oxygens (including phenoxy) is 2. The van der Waals surface area contributed by atoms with Gasteiger partial charge < -0.3 is 19.1 Å². The lowest BCUT2D eigenvalue weighted by Crippen LogP contribution is -2.27. The molecule has 8 nitrogen and oxygen atoms in total. The number of aromatic nitrogens is 4. The van der Waals surface area contributed by atoms with Crippen LogP contribution in [0.2, 0.25) is 5.02 Å². The number of carboxylic acids is 1. The number of carbonyl (C=O) groups is 1. The lowest BCUT2D eigenvalue weighted by atomic mass is 9.87. The fourth-order valence-electron chi connectivity index (χ4n) is 5.35. The van der Waals surface area contributed by atoms with Gasteiger partial charge in [-0.15, -0.1) is 0 Å². The van der Waals surface area contributed by atoms with Gasteiger partial charge in [0.1, 0.15) is 35.6 Å². The molecule has 1 aliphatic heterocycles. The van der Waals surface area contributed by atoms with Crippen LogP contribution in [0.25, 0.3) is 22.3 Å². The molecule has 5 aromatic rings. The van der Waals surface area contributed by atoms with Gasteiger partial charge in [-0.25, -0.2) is 27.9 Å². The standard InChI is InChI=1S/C32H26ClF3N4O4/c1-32(2)16-43-15-28(32)40-27-9-17(31(41)42)6-7-25(27)38-29(40)10-18-8-22(35)20(12-21(18)34)24-4-3-5-30(39-24)44-14-26-23(36)11-19(33)13-37-26/h3-9,11-13,28H,10,14-16H2,1-2H3,(H,41,42)/t28-/m1/s1. The maximum atomic E-state index is 15.6. The van der Waals surface area contributed by atoms with Crippen LogP contribution in [-0.4, -0.2) is 43.8 Å². The van der Waals surface area contributed by atoms with Crippen molar-refractivity contribution in [2.75, 3.05) is 13.2 Å². The first kappa shape index (κ1) is 29.6. The van der Waals surface area contributed by atoms with Gasteiger partial charge in [-0.05, 0) is 48.0 Å². The number of rotatable bonds is 8. The van der Waals surface area contributed by atoms with E-state index in [0.29, 0.717) is 30.1 Å². The number of hydrogen-bond acceptors (Lipinski definition) is 6. The molecule has 0 unspecified atom stereocenters. The third-order valence-electron chi connectivity index (χ3n) is 7.70. The zero-order chi connectivity index (χ0) is 31.2. The molecule has 0 aliphatic carbocycles. The Kier molecular flexibility index (Phi) is 7.77. The van der Waals surface area contributed by atoms with Crippen LogP contribution < -0.4 is 4.74 Å². The highest BCUT2D eigenvalue weighted by Crippen LogP contribution is 2.40. The summed E-state index contributed by atoms with van der Waals surface area (Å²) >= 11 is 5.74. The molecule has 0 amide bonds. The van der Waals surface area contributed by atoms with Crippen molar-refractivity contribution in [1.29, 1.82) is 0 Å². The number of hydrogen-bond donors (Lipinski definition) is 1. The number of halogens is 4. The Morgan fingerprint density at radius 3 is 2.64 bits per heavy atom. The van der Waals surface area contributed by atoms with Gasteiger partial charge in [0.2, 0.25) is 5.88 Å². The molecule has 0 spiro atoms. The number of imidazole rings is 1. The molecular weight excluding hydrogens is 597 g/mol. The van der Waals surface area contributed by atoms with Crippen LogP contribution in [0.5, 0.6) is 5.88 Å². The molecule has 4 heterocycles. The molecule has 2 aromatic carbocycles. The van der Waals surface area contributed by atoms with Crippen LogP contribution >= 0.6 is 11.6 Å². The summed E-state index contributed by atoms with van der Waals surface area (Å²) in [7, 11) is 0. The van der Waals surface area contributed by atoms with E-state index < -0.39 is 23.4 Å². The van der Waals surface area contributed by atoms with Crippen LogP contribution in [0, 0.1) is 22.9 Å². The van der Waals surface area contributed by atoms with Crippen molar-refractivity contribution >= 4 is 28.6 Å². The summed E-state index contributed by atoms with van der Waals surface area (Å²) in [4.78, 5) is 24.6. The van der Waals surface area contributed by atoms with E-state index in [9.17, 15) is 14.3 Å². The van der Waals surface area contributed by atoms with Crippen molar-refractivity contribution in [2.24, 2.45) is 5.41 Å². The van der Waals surface area contributed by atoms with Crippen molar-refractivity contribution < 1.29 is 32.5 Å². The molecule has 12 heteroatoms. The van der Waals surface area contributed by atoms with E-state index in [1.807, 2.05) is 18.4 Å². The van der Waals surface area contributed by atoms with Gasteiger partial charge in [-0.2, -0.15) is 0 Å². The van der Waals surface area contributed by atoms with E-state index in [4.69, 9.17) is 26.1 Å². The largest absolute Gasteiger partial charge is 0.478 e. The first-order valence-corrected chi connectivity index (χ1v) is 14.1. The number of pyridine rings is 2. The first-order valence-electron chi connectivity index (χ1n) is 13.7. The summed E-state index contributed by atoms with van der Waals surface area (Å²) in [5.74, 6) is -2.58. The second-order valence-electron chi connectivity index (χ2n) is 11.3. The fourth-order valence-corrected chi connectivity index (χ4v) is 5.50. The van der Waals surface area contributed by atoms with E-state index in [-0.39, 0.29) is 63.5 Å². The predicted octanol–water partition coefficient (Wildman–Crippen LogP) is 7.03. The molecule has 0 saturated carbocycles. The molecule has 1 N–H and O–H groups in total. The van der Waals surface area contributed by atoms with Gasteiger partial charge in [0.05, 0.1) is 46.6 Å². The normalized spacial score (nSPS) is 16.0. The molecule has 1 atom stereocenters. The third kappa shape index (κ3) is 5.72. The minimum atomic E-state index is -1.08. The van der Waals surface area contributed by atoms with Crippen LogP contribution in [0.15, 0.2) is 60.8 Å². The van der Waals surface area contributed by atoms with Gasteiger partial charge in [0.25, 0.3) is 0 Å². The molecule has 1 aliphatic rings. The van der Waals surface area contributed by atoms with Gasteiger partial charge in [0, 0.05) is 29.7 Å². The maximum absolute atomic E-state index is 15.6. The topological polar surface area (TPSA) is 99.4 Å². The molecule has 0 radical (unpaired) electrons. The Hall–Kier alpha value is -4.48. The number of benzene rings is 2. The zero-order valence-corrected chi connectivity index (χ0v) is 24.4. The van der Waals surface area contributed by atoms with Crippen molar-refractivity contribution in [3.8, 4) is 17.1 Å². The van der Waals surface area contributed by atoms with E-state index in [1.165, 1.54) is 24.4 Å². The average Bonchev–Trinajstić information content (AvgIpc) is 3.51. The fraction of sp³-hybridized carbons (Fsp3) is 0.250. The minimum Gasteiger partial charge on any atom is -0.478 e. The highest BCUT2D eigenvalue weighted by atomic mass is 35.5. The van der Waals surface area contributed by atoms with Gasteiger partial charge in [-0.1, -0.05) is 31.5 Å². The monoisotopic (exact) mass is 622 g/mol. The zero-order valence-electron chi connectivity index (χ0n) is 23.7. The molecule has 226 valence electrons. The molecule has 1 fully saturated rings. The minimum absolute atomic E-state index is 0.0148. The summed E-state index contributed by atoms with van der Waals surface area (Å²) in [6.45, 7) is 4.66. The molecule has 0 bridgehead atoms. The lowest BCUT2D eigenvalue weighted by Gasteiger charge is -2.28. The number of carboxylic acid groups (broad SMARTS) is 1. The Bertz CT molecular complexity index is 1910. The molecule has 3 aromatic heterocycles. The summed E-state index contributed by atoms with van der Waals surface area (Å²) in [6.07, 6.45) is 1.24. The van der Waals surface area contributed by atoms with E-state index in [2.05, 4.69) is 9.97 Å². The highest BCUT2D eigenvalue weighted by Gasteiger charge is 2.39. The highest BCUT2D eigenvalue weighted by molar-refractivity contribution is 6.30. The Labute approximate surface area is 255 Å². The van der Waals surface area contributed by atoms with Crippen LogP contribution in [0.1, 0.15) is 47.3 Å². The van der Waals surface area contributed by atoms with Gasteiger partial charge >= 0.3 is 5.97 Å². The molecule has 1 saturated heterocycles. The quantitative estimate of drug-likeness (QED) is 0.198. The second-order valence-corrected chi connectivity index (χ2v) is 11.7. The first-order chi connectivity index (χ1) is 21.0. The van der Waals surface area contributed by atoms with Gasteiger partial charge in [0.15, 0.2) is 0 Å². The number of nitrogens with zero attached hydrogens (tertiary/aromatic N) is 4. The molecule has 6 rings (SSSR count). The number of aromatic carboxylic acids is 1. The lowest BCUT2D eigenvalue weighted by molar-refractivity contribution is 0.0697. The smallest absolute Gasteiger partial charge is 0.335 e. The SMILES string of the molecule is CC1(C)COC[C@H]1n1c(Cc2cc(F)c(-c3cccc(OCc4ncc(Cl)cc4F)n3)cc2F)nc2ccc(C(=O)O)cc21. The van der Waals surface area contributed by atoms with E-state index >= 15 is 8.78 Å². The predicted molar refractivity (Wildman–Crippen MR) is 156 cm³/mol. The summed E-state index contributed by atoms with van der Waals surface area (Å²) in [5.41, 5.74) is 1.01. The second kappa shape index (κ2) is 11.5. The summed E-state index contributed by atoms with van der Waals surface area (Å²) in [5, 5.41) is 9.72. The maximum Gasteiger partial charge on any atom is 0.335 e. The molecule has 44 heavy (non-hydrogen) atoms. The number of fused-ring (bicyclic) bond motifs is 1. The van der Waals surface area contributed by atoms with E-state index in [1.54, 1.807) is 18.2 Å². The van der Waals surface area contributed by atoms with Crippen molar-refractivity contribution in [2.45, 2.75) is 32.9 Å². The Morgan fingerprint density at radius 2 is 1.91 bits per heavy atom. The Morgan fingerprint density at radius 1 is 1.09 bits per heavy atom. The van der Waals surface area contributed by atoms with E-state index in [0.717, 1.165) is 18.2 Å². The third-order valence-corrected chi connectivity index (χ3v) is 7.90. The van der Waals surface area contributed by atoms with Crippen LogP contribution in [0.4, 0.5) is 13.2 Å².